The molecule has 0 radical (unpaired) electrons. The molecule has 0 spiro atoms. The molecule has 92 valence electrons. The van der Waals surface area contributed by atoms with E-state index in [1.54, 1.807) is 12.1 Å². The molecule has 6 heteroatoms. The first-order valence-corrected chi connectivity index (χ1v) is 6.20. The van der Waals surface area contributed by atoms with Crippen molar-refractivity contribution < 1.29 is 14.7 Å². The van der Waals surface area contributed by atoms with Gasteiger partial charge in [0.25, 0.3) is 0 Å². The maximum Gasteiger partial charge on any atom is 0.325 e. The zero-order valence-corrected chi connectivity index (χ0v) is 10.4. The van der Waals surface area contributed by atoms with Crippen molar-refractivity contribution in [3.63, 3.8) is 0 Å². The first-order chi connectivity index (χ1) is 8.04. The summed E-state index contributed by atoms with van der Waals surface area (Å²) in [6, 6.07) is 5.86. The number of rotatable bonds is 4. The number of hydrogen-bond acceptors (Lipinski definition) is 3. The topological polar surface area (TPSA) is 78.4 Å². The van der Waals surface area contributed by atoms with Crippen LogP contribution in [0.5, 0.6) is 0 Å². The third-order valence-corrected chi connectivity index (χ3v) is 2.87. The number of aliphatic carboxylic acids is 1. The molecule has 5 nitrogen and oxygen atoms in total. The third-order valence-electron chi connectivity index (χ3n) is 2.07. The summed E-state index contributed by atoms with van der Waals surface area (Å²) < 4.78 is 0. The molecule has 1 aromatic rings. The summed E-state index contributed by atoms with van der Waals surface area (Å²) in [4.78, 5) is 23.0. The molecule has 17 heavy (non-hydrogen) atoms. The molecule has 1 aromatic carbocycles. The zero-order chi connectivity index (χ0) is 12.8. The molecule has 0 aliphatic carbocycles. The van der Waals surface area contributed by atoms with Gasteiger partial charge < -0.3 is 15.7 Å². The second-order valence-electron chi connectivity index (χ2n) is 3.36. The number of anilines is 1. The first kappa shape index (κ1) is 13.4. The van der Waals surface area contributed by atoms with E-state index in [2.05, 4.69) is 10.6 Å². The van der Waals surface area contributed by atoms with Crippen molar-refractivity contribution in [1.29, 1.82) is 0 Å². The van der Waals surface area contributed by atoms with Crippen molar-refractivity contribution in [2.45, 2.75) is 17.9 Å². The van der Waals surface area contributed by atoms with Crippen molar-refractivity contribution in [2.24, 2.45) is 0 Å². The highest BCUT2D eigenvalue weighted by molar-refractivity contribution is 7.98. The fraction of sp³-hybridized carbons (Fsp3) is 0.273. The molecule has 0 heterocycles. The Bertz CT molecular complexity index is 423. The van der Waals surface area contributed by atoms with Gasteiger partial charge in [-0.2, -0.15) is 0 Å². The Hall–Kier alpha value is -1.69. The molecule has 0 fully saturated rings. The average Bonchev–Trinajstić information content (AvgIpc) is 2.29. The van der Waals surface area contributed by atoms with Gasteiger partial charge in [-0.1, -0.05) is 12.1 Å². The molecule has 0 saturated heterocycles. The van der Waals surface area contributed by atoms with Gasteiger partial charge in [0, 0.05) is 4.90 Å². The summed E-state index contributed by atoms with van der Waals surface area (Å²) in [5.41, 5.74) is 0.662. The first-order valence-electron chi connectivity index (χ1n) is 4.98. The van der Waals surface area contributed by atoms with E-state index in [0.29, 0.717) is 5.69 Å². The molecule has 2 amide bonds. The van der Waals surface area contributed by atoms with Crippen LogP contribution >= 0.6 is 11.8 Å². The average molecular weight is 254 g/mol. The lowest BCUT2D eigenvalue weighted by Crippen LogP contribution is -2.40. The summed E-state index contributed by atoms with van der Waals surface area (Å²) in [6.45, 7) is 1.41. The van der Waals surface area contributed by atoms with Gasteiger partial charge >= 0.3 is 12.0 Å². The van der Waals surface area contributed by atoms with Crippen LogP contribution in [0.1, 0.15) is 6.92 Å². The minimum absolute atomic E-state index is 0.526. The predicted octanol–water partition coefficient (Wildman–Crippen LogP) is 2.00. The molecule has 1 atom stereocenters. The van der Waals surface area contributed by atoms with E-state index in [0.717, 1.165) is 4.90 Å². The Morgan fingerprint density at radius 1 is 1.35 bits per heavy atom. The van der Waals surface area contributed by atoms with Crippen LogP contribution in [-0.2, 0) is 4.79 Å². The van der Waals surface area contributed by atoms with Crippen molar-refractivity contribution >= 4 is 29.4 Å². The minimum Gasteiger partial charge on any atom is -0.480 e. The Morgan fingerprint density at radius 3 is 2.59 bits per heavy atom. The monoisotopic (exact) mass is 254 g/mol. The van der Waals surface area contributed by atoms with Crippen molar-refractivity contribution in [1.82, 2.24) is 5.32 Å². The summed E-state index contributed by atoms with van der Waals surface area (Å²) in [5, 5.41) is 13.6. The number of nitrogens with one attached hydrogen (secondary N) is 2. The molecule has 0 aliphatic heterocycles. The Kier molecular flexibility index (Phi) is 4.84. The highest BCUT2D eigenvalue weighted by atomic mass is 32.2. The SMILES string of the molecule is CSc1ccccc1NC(=O)N[C@@H](C)C(=O)O. The molecule has 0 aromatic heterocycles. The van der Waals surface area contributed by atoms with Crippen molar-refractivity contribution in [3.8, 4) is 0 Å². The van der Waals surface area contributed by atoms with Crippen LogP contribution in [0.25, 0.3) is 0 Å². The third kappa shape index (κ3) is 3.99. The Morgan fingerprint density at radius 2 is 2.00 bits per heavy atom. The van der Waals surface area contributed by atoms with E-state index in [1.807, 2.05) is 18.4 Å². The largest absolute Gasteiger partial charge is 0.480 e. The number of carbonyl (C=O) groups excluding carboxylic acids is 1. The van der Waals surface area contributed by atoms with E-state index in [1.165, 1.54) is 18.7 Å². The summed E-state index contributed by atoms with van der Waals surface area (Å²) in [6.07, 6.45) is 1.90. The molecule has 0 bridgehead atoms. The van der Waals surface area contributed by atoms with E-state index in [-0.39, 0.29) is 0 Å². The smallest absolute Gasteiger partial charge is 0.325 e. The van der Waals surface area contributed by atoms with E-state index in [9.17, 15) is 9.59 Å². The quantitative estimate of drug-likeness (QED) is 0.718. The number of benzene rings is 1. The van der Waals surface area contributed by atoms with Gasteiger partial charge in [0.2, 0.25) is 0 Å². The molecule has 0 unspecified atom stereocenters. The van der Waals surface area contributed by atoms with E-state index in [4.69, 9.17) is 5.11 Å². The number of hydrogen-bond donors (Lipinski definition) is 3. The summed E-state index contributed by atoms with van der Waals surface area (Å²) in [5.74, 6) is -1.07. The number of amides is 2. The van der Waals surface area contributed by atoms with Gasteiger partial charge in [0.1, 0.15) is 6.04 Å². The Balaban J connectivity index is 2.65. The molecular weight excluding hydrogens is 240 g/mol. The van der Waals surface area contributed by atoms with Crippen LogP contribution in [0.4, 0.5) is 10.5 Å². The fourth-order valence-corrected chi connectivity index (χ4v) is 1.72. The van der Waals surface area contributed by atoms with Crippen LogP contribution in [0, 0.1) is 0 Å². The second-order valence-corrected chi connectivity index (χ2v) is 4.21. The second kappa shape index (κ2) is 6.15. The highest BCUT2D eigenvalue weighted by Gasteiger charge is 2.14. The van der Waals surface area contributed by atoms with Crippen LogP contribution in [0.3, 0.4) is 0 Å². The van der Waals surface area contributed by atoms with E-state index < -0.39 is 18.0 Å². The van der Waals surface area contributed by atoms with Crippen LogP contribution in [-0.4, -0.2) is 29.4 Å². The molecule has 0 aliphatic rings. The van der Waals surface area contributed by atoms with Gasteiger partial charge in [-0.3, -0.25) is 4.79 Å². The maximum atomic E-state index is 11.5. The van der Waals surface area contributed by atoms with Crippen LogP contribution in [0.15, 0.2) is 29.2 Å². The lowest BCUT2D eigenvalue weighted by atomic mass is 10.3. The minimum atomic E-state index is -1.07. The summed E-state index contributed by atoms with van der Waals surface area (Å²) >= 11 is 1.50. The zero-order valence-electron chi connectivity index (χ0n) is 9.56. The van der Waals surface area contributed by atoms with Crippen LogP contribution in [0.2, 0.25) is 0 Å². The van der Waals surface area contributed by atoms with Crippen LogP contribution < -0.4 is 10.6 Å². The number of carboxylic acids is 1. The maximum absolute atomic E-state index is 11.5. The number of urea groups is 1. The fourth-order valence-electron chi connectivity index (χ4n) is 1.16. The molecule has 3 N–H and O–H groups in total. The number of carbonyl (C=O) groups is 2. The number of thioether (sulfide) groups is 1. The van der Waals surface area contributed by atoms with Gasteiger partial charge in [0.15, 0.2) is 0 Å². The lowest BCUT2D eigenvalue weighted by molar-refractivity contribution is -0.138. The Labute approximate surface area is 104 Å². The van der Waals surface area contributed by atoms with Crippen molar-refractivity contribution in [3.05, 3.63) is 24.3 Å². The van der Waals surface area contributed by atoms with Gasteiger partial charge in [-0.25, -0.2) is 4.79 Å². The van der Waals surface area contributed by atoms with Gasteiger partial charge in [-0.05, 0) is 25.3 Å². The highest BCUT2D eigenvalue weighted by Crippen LogP contribution is 2.24. The number of carboxylic acid groups (broad SMARTS) is 1. The van der Waals surface area contributed by atoms with Gasteiger partial charge in [0.05, 0.1) is 5.69 Å². The number of para-hydroxylation sites is 1. The lowest BCUT2D eigenvalue weighted by Gasteiger charge is -2.12. The molecular formula is C11H14N2O3S. The predicted molar refractivity (Wildman–Crippen MR) is 67.5 cm³/mol. The molecule has 0 saturated carbocycles. The summed E-state index contributed by atoms with van der Waals surface area (Å²) in [7, 11) is 0. The van der Waals surface area contributed by atoms with Crippen molar-refractivity contribution in [2.75, 3.05) is 11.6 Å². The molecule has 1 rings (SSSR count). The normalized spacial score (nSPS) is 11.6. The standard InChI is InChI=1S/C11H14N2O3S/c1-7(10(14)15)12-11(16)13-8-5-3-4-6-9(8)17-2/h3-7H,1-2H3,(H,14,15)(H2,12,13,16)/t7-/m0/s1. The van der Waals surface area contributed by atoms with E-state index >= 15 is 0 Å². The van der Waals surface area contributed by atoms with Gasteiger partial charge in [-0.15, -0.1) is 11.8 Å².